The highest BCUT2D eigenvalue weighted by Gasteiger charge is 2.28. The van der Waals surface area contributed by atoms with E-state index in [2.05, 4.69) is 20.1 Å². The van der Waals surface area contributed by atoms with E-state index in [0.29, 0.717) is 5.92 Å². The van der Waals surface area contributed by atoms with Gasteiger partial charge < -0.3 is 0 Å². The molecule has 98 valence electrons. The molecule has 0 saturated heterocycles. The lowest BCUT2D eigenvalue weighted by Gasteiger charge is -2.27. The molecule has 4 rings (SSSR count). The van der Waals surface area contributed by atoms with Crippen LogP contribution in [0.3, 0.4) is 0 Å². The van der Waals surface area contributed by atoms with Gasteiger partial charge in [0, 0.05) is 61.2 Å². The van der Waals surface area contributed by atoms with E-state index in [9.17, 15) is 0 Å². The molecule has 5 nitrogen and oxygen atoms in total. The molecule has 0 amide bonds. The Morgan fingerprint density at radius 2 is 2.26 bits per heavy atom. The Labute approximate surface area is 112 Å². The van der Waals surface area contributed by atoms with E-state index in [-0.39, 0.29) is 0 Å². The molecule has 2 aliphatic rings. The van der Waals surface area contributed by atoms with Gasteiger partial charge in [-0.3, -0.25) is 10.00 Å². The first-order chi connectivity index (χ1) is 9.38. The molecular weight excluding hydrogens is 238 g/mol. The number of nitrogens with one attached hydrogen (secondary N) is 1. The van der Waals surface area contributed by atoms with Crippen molar-refractivity contribution in [3.63, 3.8) is 0 Å². The second-order valence-electron chi connectivity index (χ2n) is 5.54. The maximum Gasteiger partial charge on any atom is 0.131 e. The SMILES string of the molecule is c1n[nH]cc1CN1CCc2nc(C3CC3)ncc2C1. The quantitative estimate of drug-likeness (QED) is 0.905. The van der Waals surface area contributed by atoms with E-state index in [1.54, 1.807) is 0 Å². The normalized spacial score (nSPS) is 19.4. The molecule has 0 spiro atoms. The Balaban J connectivity index is 1.50. The lowest BCUT2D eigenvalue weighted by Crippen LogP contribution is -2.31. The van der Waals surface area contributed by atoms with Crippen LogP contribution in [0, 0.1) is 0 Å². The fraction of sp³-hybridized carbons (Fsp3) is 0.500. The van der Waals surface area contributed by atoms with Gasteiger partial charge in [-0.1, -0.05) is 0 Å². The number of aromatic amines is 1. The molecule has 19 heavy (non-hydrogen) atoms. The molecular formula is C14H17N5. The molecule has 0 aromatic carbocycles. The predicted molar refractivity (Wildman–Crippen MR) is 70.4 cm³/mol. The highest BCUT2D eigenvalue weighted by Crippen LogP contribution is 2.38. The molecule has 2 aromatic rings. The molecule has 1 aliphatic carbocycles. The first-order valence-electron chi connectivity index (χ1n) is 6.93. The van der Waals surface area contributed by atoms with E-state index in [0.717, 1.165) is 31.9 Å². The Bertz CT molecular complexity index is 574. The van der Waals surface area contributed by atoms with Gasteiger partial charge in [0.2, 0.25) is 0 Å². The van der Waals surface area contributed by atoms with Crippen LogP contribution in [0.2, 0.25) is 0 Å². The molecule has 1 fully saturated rings. The van der Waals surface area contributed by atoms with E-state index in [1.165, 1.54) is 29.7 Å². The lowest BCUT2D eigenvalue weighted by molar-refractivity contribution is 0.242. The Morgan fingerprint density at radius 1 is 1.32 bits per heavy atom. The molecule has 0 radical (unpaired) electrons. The molecule has 0 unspecified atom stereocenters. The monoisotopic (exact) mass is 255 g/mol. The van der Waals surface area contributed by atoms with Crippen molar-refractivity contribution in [2.75, 3.05) is 6.54 Å². The van der Waals surface area contributed by atoms with Crippen LogP contribution in [0.4, 0.5) is 0 Å². The van der Waals surface area contributed by atoms with Crippen molar-refractivity contribution in [3.8, 4) is 0 Å². The number of nitrogens with zero attached hydrogens (tertiary/aromatic N) is 4. The lowest BCUT2D eigenvalue weighted by atomic mass is 10.1. The first-order valence-corrected chi connectivity index (χ1v) is 6.93. The highest BCUT2D eigenvalue weighted by atomic mass is 15.1. The van der Waals surface area contributed by atoms with Crippen LogP contribution in [-0.2, 0) is 19.5 Å². The van der Waals surface area contributed by atoms with Crippen molar-refractivity contribution in [2.24, 2.45) is 0 Å². The zero-order valence-electron chi connectivity index (χ0n) is 10.8. The van der Waals surface area contributed by atoms with Crippen molar-refractivity contribution < 1.29 is 0 Å². The van der Waals surface area contributed by atoms with E-state index < -0.39 is 0 Å². The molecule has 5 heteroatoms. The summed E-state index contributed by atoms with van der Waals surface area (Å²) in [4.78, 5) is 11.7. The second-order valence-corrected chi connectivity index (χ2v) is 5.54. The minimum Gasteiger partial charge on any atom is -0.294 e. The summed E-state index contributed by atoms with van der Waals surface area (Å²) < 4.78 is 0. The van der Waals surface area contributed by atoms with Crippen LogP contribution < -0.4 is 0 Å². The van der Waals surface area contributed by atoms with Gasteiger partial charge in [-0.2, -0.15) is 5.10 Å². The zero-order valence-corrected chi connectivity index (χ0v) is 10.8. The Morgan fingerprint density at radius 3 is 3.05 bits per heavy atom. The fourth-order valence-electron chi connectivity index (χ4n) is 2.69. The van der Waals surface area contributed by atoms with Crippen molar-refractivity contribution in [1.82, 2.24) is 25.1 Å². The molecule has 1 aliphatic heterocycles. The summed E-state index contributed by atoms with van der Waals surface area (Å²) in [6, 6.07) is 0. The van der Waals surface area contributed by atoms with Crippen LogP contribution >= 0.6 is 0 Å². The van der Waals surface area contributed by atoms with Crippen molar-refractivity contribution in [1.29, 1.82) is 0 Å². The van der Waals surface area contributed by atoms with Crippen LogP contribution in [0.1, 0.15) is 41.4 Å². The summed E-state index contributed by atoms with van der Waals surface area (Å²) in [5.41, 5.74) is 3.79. The third-order valence-corrected chi connectivity index (χ3v) is 3.94. The molecule has 0 atom stereocenters. The predicted octanol–water partition coefficient (Wildman–Crippen LogP) is 1.64. The maximum absolute atomic E-state index is 4.75. The molecule has 1 N–H and O–H groups in total. The zero-order chi connectivity index (χ0) is 12.7. The fourth-order valence-corrected chi connectivity index (χ4v) is 2.69. The largest absolute Gasteiger partial charge is 0.294 e. The average molecular weight is 255 g/mol. The van der Waals surface area contributed by atoms with Crippen molar-refractivity contribution >= 4 is 0 Å². The third kappa shape index (κ3) is 2.26. The summed E-state index contributed by atoms with van der Waals surface area (Å²) >= 11 is 0. The van der Waals surface area contributed by atoms with Crippen LogP contribution in [0.25, 0.3) is 0 Å². The number of fused-ring (bicyclic) bond motifs is 1. The minimum absolute atomic E-state index is 0.647. The smallest absolute Gasteiger partial charge is 0.131 e. The topological polar surface area (TPSA) is 57.7 Å². The van der Waals surface area contributed by atoms with Crippen molar-refractivity contribution in [2.45, 2.75) is 38.3 Å². The van der Waals surface area contributed by atoms with Gasteiger partial charge in [0.25, 0.3) is 0 Å². The van der Waals surface area contributed by atoms with Gasteiger partial charge in [-0.25, -0.2) is 9.97 Å². The Kier molecular flexibility index (Phi) is 2.58. The van der Waals surface area contributed by atoms with Crippen LogP contribution in [0.15, 0.2) is 18.6 Å². The minimum atomic E-state index is 0.647. The summed E-state index contributed by atoms with van der Waals surface area (Å²) in [6.07, 6.45) is 9.47. The molecule has 1 saturated carbocycles. The second kappa shape index (κ2) is 4.42. The standard InChI is InChI=1S/C14H17N5/c1-2-11(1)14-15-7-12-9-19(4-3-13(12)18-14)8-10-5-16-17-6-10/h5-7,11H,1-4,8-9H2,(H,16,17). The van der Waals surface area contributed by atoms with Gasteiger partial charge in [0.1, 0.15) is 5.82 Å². The van der Waals surface area contributed by atoms with Gasteiger partial charge in [0.15, 0.2) is 0 Å². The van der Waals surface area contributed by atoms with Crippen molar-refractivity contribution in [3.05, 3.63) is 41.2 Å². The number of hydrogen-bond acceptors (Lipinski definition) is 4. The van der Waals surface area contributed by atoms with Gasteiger partial charge in [-0.15, -0.1) is 0 Å². The summed E-state index contributed by atoms with van der Waals surface area (Å²) in [5.74, 6) is 1.72. The highest BCUT2D eigenvalue weighted by molar-refractivity contribution is 5.23. The van der Waals surface area contributed by atoms with Crippen LogP contribution in [0.5, 0.6) is 0 Å². The summed E-state index contributed by atoms with van der Waals surface area (Å²) in [5, 5.41) is 6.86. The number of hydrogen-bond donors (Lipinski definition) is 1. The first kappa shape index (κ1) is 11.1. The number of aromatic nitrogens is 4. The maximum atomic E-state index is 4.75. The average Bonchev–Trinajstić information content (AvgIpc) is 3.17. The summed E-state index contributed by atoms with van der Waals surface area (Å²) in [7, 11) is 0. The van der Waals surface area contributed by atoms with E-state index in [4.69, 9.17) is 4.98 Å². The van der Waals surface area contributed by atoms with E-state index in [1.807, 2.05) is 18.6 Å². The van der Waals surface area contributed by atoms with Gasteiger partial charge in [-0.05, 0) is 12.8 Å². The van der Waals surface area contributed by atoms with Gasteiger partial charge >= 0.3 is 0 Å². The van der Waals surface area contributed by atoms with Gasteiger partial charge in [0.05, 0.1) is 6.20 Å². The molecule has 3 heterocycles. The number of rotatable bonds is 3. The van der Waals surface area contributed by atoms with E-state index >= 15 is 0 Å². The third-order valence-electron chi connectivity index (χ3n) is 3.94. The van der Waals surface area contributed by atoms with Crippen LogP contribution in [-0.4, -0.2) is 31.6 Å². The molecule has 0 bridgehead atoms. The molecule has 2 aromatic heterocycles. The number of H-pyrrole nitrogens is 1. The summed E-state index contributed by atoms with van der Waals surface area (Å²) in [6.45, 7) is 2.96. The Hall–Kier alpha value is -1.75.